The van der Waals surface area contributed by atoms with E-state index in [4.69, 9.17) is 0 Å². The molecule has 2 heterocycles. The van der Waals surface area contributed by atoms with E-state index >= 15 is 0 Å². The number of amides is 1. The van der Waals surface area contributed by atoms with E-state index in [0.29, 0.717) is 22.7 Å². The number of benzene rings is 2. The molecule has 0 spiro atoms. The van der Waals surface area contributed by atoms with Crippen LogP contribution < -0.4 is 5.56 Å². The summed E-state index contributed by atoms with van der Waals surface area (Å²) < 4.78 is 2.91. The summed E-state index contributed by atoms with van der Waals surface area (Å²) in [5, 5.41) is 24.3. The number of aryl methyl sites for hydroxylation is 2. The number of hydrogen-bond acceptors (Lipinski definition) is 5. The molecule has 0 aliphatic carbocycles. The van der Waals surface area contributed by atoms with Gasteiger partial charge in [0.15, 0.2) is 11.4 Å². The number of azo groups is 1. The second-order valence-corrected chi connectivity index (χ2v) is 7.38. The Balaban J connectivity index is 1.75. The van der Waals surface area contributed by atoms with Crippen LogP contribution in [-0.4, -0.2) is 25.4 Å². The Morgan fingerprint density at radius 3 is 2.45 bits per heavy atom. The molecule has 158 valence electrons. The Hall–Kier alpha value is -3.81. The van der Waals surface area contributed by atoms with Gasteiger partial charge in [0.1, 0.15) is 0 Å². The Morgan fingerprint density at radius 2 is 1.71 bits per heavy atom. The third-order valence-electron chi connectivity index (χ3n) is 5.30. The highest BCUT2D eigenvalue weighted by molar-refractivity contribution is 6.05. The SMILES string of the molecule is CCCCCn1c(O)c(N=NC(=O)c2nn(C)c(=O)c3ccccc23)c2ccccc21. The molecular weight excluding hydrogens is 394 g/mol. The lowest BCUT2D eigenvalue weighted by Gasteiger charge is -2.06. The first kappa shape index (κ1) is 20.5. The van der Waals surface area contributed by atoms with Gasteiger partial charge in [-0.3, -0.25) is 9.59 Å². The smallest absolute Gasteiger partial charge is 0.316 e. The maximum atomic E-state index is 12.8. The molecule has 1 amide bonds. The van der Waals surface area contributed by atoms with Crippen molar-refractivity contribution in [2.45, 2.75) is 32.7 Å². The van der Waals surface area contributed by atoms with Gasteiger partial charge in [-0.2, -0.15) is 5.10 Å². The number of aromatic nitrogens is 3. The van der Waals surface area contributed by atoms with Gasteiger partial charge in [0.2, 0.25) is 5.88 Å². The molecule has 0 atom stereocenters. The molecule has 0 radical (unpaired) electrons. The minimum atomic E-state index is -0.686. The summed E-state index contributed by atoms with van der Waals surface area (Å²) in [5.41, 5.74) is 0.822. The maximum absolute atomic E-state index is 12.8. The van der Waals surface area contributed by atoms with Crippen LogP contribution in [0.1, 0.15) is 36.7 Å². The fraction of sp³-hybridized carbons (Fsp3) is 0.261. The van der Waals surface area contributed by atoms with Crippen LogP contribution in [-0.2, 0) is 13.6 Å². The number of para-hydroxylation sites is 1. The third-order valence-corrected chi connectivity index (χ3v) is 5.30. The van der Waals surface area contributed by atoms with Gasteiger partial charge in [0.25, 0.3) is 5.56 Å². The standard InChI is InChI=1S/C23H23N5O3/c1-3-4-9-14-28-18-13-8-7-12-17(18)20(23(28)31)24-25-21(29)19-15-10-5-6-11-16(15)22(30)27(2)26-19/h5-8,10-13,31H,3-4,9,14H2,1-2H3. The number of carbonyl (C=O) groups excluding carboxylic acids is 1. The van der Waals surface area contributed by atoms with Gasteiger partial charge in [-0.1, -0.05) is 56.2 Å². The van der Waals surface area contributed by atoms with Gasteiger partial charge in [-0.15, -0.1) is 10.2 Å². The van der Waals surface area contributed by atoms with Crippen LogP contribution >= 0.6 is 0 Å². The van der Waals surface area contributed by atoms with E-state index in [1.165, 1.54) is 7.05 Å². The van der Waals surface area contributed by atoms with E-state index in [2.05, 4.69) is 22.3 Å². The van der Waals surface area contributed by atoms with Crippen molar-refractivity contribution in [3.63, 3.8) is 0 Å². The zero-order chi connectivity index (χ0) is 22.0. The van der Waals surface area contributed by atoms with Gasteiger partial charge in [-0.25, -0.2) is 4.68 Å². The van der Waals surface area contributed by atoms with E-state index in [9.17, 15) is 14.7 Å². The average Bonchev–Trinajstić information content (AvgIpc) is 3.05. The lowest BCUT2D eigenvalue weighted by Crippen LogP contribution is -2.22. The summed E-state index contributed by atoms with van der Waals surface area (Å²) in [6, 6.07) is 14.2. The van der Waals surface area contributed by atoms with Crippen molar-refractivity contribution in [1.29, 1.82) is 0 Å². The summed E-state index contributed by atoms with van der Waals surface area (Å²) in [6.45, 7) is 2.77. The highest BCUT2D eigenvalue weighted by Crippen LogP contribution is 2.39. The number of rotatable bonds is 6. The molecule has 31 heavy (non-hydrogen) atoms. The molecule has 0 saturated carbocycles. The van der Waals surface area contributed by atoms with E-state index in [0.717, 1.165) is 29.5 Å². The quantitative estimate of drug-likeness (QED) is 0.363. The van der Waals surface area contributed by atoms with Crippen molar-refractivity contribution in [2.75, 3.05) is 0 Å². The summed E-state index contributed by atoms with van der Waals surface area (Å²) in [4.78, 5) is 25.1. The molecule has 8 heteroatoms. The van der Waals surface area contributed by atoms with Crippen LogP contribution in [0.15, 0.2) is 63.6 Å². The Kier molecular flexibility index (Phi) is 5.62. The van der Waals surface area contributed by atoms with E-state index < -0.39 is 5.91 Å². The second-order valence-electron chi connectivity index (χ2n) is 7.38. The van der Waals surface area contributed by atoms with Gasteiger partial charge in [0, 0.05) is 24.4 Å². The van der Waals surface area contributed by atoms with Gasteiger partial charge < -0.3 is 9.67 Å². The number of nitrogens with zero attached hydrogens (tertiary/aromatic N) is 5. The first-order valence-electron chi connectivity index (χ1n) is 10.2. The second kappa shape index (κ2) is 8.51. The van der Waals surface area contributed by atoms with Crippen molar-refractivity contribution in [2.24, 2.45) is 17.3 Å². The molecule has 8 nitrogen and oxygen atoms in total. The summed E-state index contributed by atoms with van der Waals surface area (Å²) in [5.74, 6) is -0.707. The highest BCUT2D eigenvalue weighted by Gasteiger charge is 2.18. The summed E-state index contributed by atoms with van der Waals surface area (Å²) in [6.07, 6.45) is 3.04. The predicted octanol–water partition coefficient (Wildman–Crippen LogP) is 4.71. The molecular formula is C23H23N5O3. The van der Waals surface area contributed by atoms with Crippen LogP contribution in [0.5, 0.6) is 5.88 Å². The van der Waals surface area contributed by atoms with Crippen LogP contribution in [0.2, 0.25) is 0 Å². The van der Waals surface area contributed by atoms with E-state index in [-0.39, 0.29) is 22.8 Å². The van der Waals surface area contributed by atoms with Crippen LogP contribution in [0, 0.1) is 0 Å². The average molecular weight is 417 g/mol. The fourth-order valence-corrected chi connectivity index (χ4v) is 3.72. The van der Waals surface area contributed by atoms with Gasteiger partial charge >= 0.3 is 5.91 Å². The summed E-state index contributed by atoms with van der Waals surface area (Å²) >= 11 is 0. The number of aromatic hydroxyl groups is 1. The summed E-state index contributed by atoms with van der Waals surface area (Å²) in [7, 11) is 1.48. The predicted molar refractivity (Wildman–Crippen MR) is 119 cm³/mol. The van der Waals surface area contributed by atoms with E-state index in [1.54, 1.807) is 28.8 Å². The molecule has 0 unspecified atom stereocenters. The van der Waals surface area contributed by atoms with Crippen molar-refractivity contribution >= 4 is 33.3 Å². The number of carbonyl (C=O) groups is 1. The molecule has 4 rings (SSSR count). The number of hydrogen-bond donors (Lipinski definition) is 1. The molecule has 0 aliphatic heterocycles. The van der Waals surface area contributed by atoms with Gasteiger partial charge in [0.05, 0.1) is 10.9 Å². The number of unbranched alkanes of at least 4 members (excludes halogenated alkanes) is 2. The molecule has 1 N–H and O–H groups in total. The first-order valence-corrected chi connectivity index (χ1v) is 10.2. The van der Waals surface area contributed by atoms with Crippen molar-refractivity contribution in [3.05, 3.63) is 64.6 Å². The van der Waals surface area contributed by atoms with Gasteiger partial charge in [-0.05, 0) is 18.6 Å². The minimum Gasteiger partial charge on any atom is -0.493 e. The molecule has 0 fully saturated rings. The monoisotopic (exact) mass is 417 g/mol. The van der Waals surface area contributed by atoms with Crippen LogP contribution in [0.25, 0.3) is 21.7 Å². The molecule has 2 aromatic heterocycles. The lowest BCUT2D eigenvalue weighted by atomic mass is 10.1. The maximum Gasteiger partial charge on any atom is 0.316 e. The Labute approximate surface area is 178 Å². The molecule has 2 aromatic carbocycles. The first-order chi connectivity index (χ1) is 15.0. The fourth-order valence-electron chi connectivity index (χ4n) is 3.72. The molecule has 0 saturated heterocycles. The van der Waals surface area contributed by atoms with Crippen molar-refractivity contribution < 1.29 is 9.90 Å². The van der Waals surface area contributed by atoms with Crippen molar-refractivity contribution in [3.8, 4) is 5.88 Å². The molecule has 0 aliphatic rings. The van der Waals surface area contributed by atoms with Crippen LogP contribution in [0.4, 0.5) is 5.69 Å². The minimum absolute atomic E-state index is 0.0212. The Morgan fingerprint density at radius 1 is 1.03 bits per heavy atom. The topological polar surface area (TPSA) is 102 Å². The largest absolute Gasteiger partial charge is 0.493 e. The zero-order valence-electron chi connectivity index (χ0n) is 17.4. The van der Waals surface area contributed by atoms with Crippen molar-refractivity contribution in [1.82, 2.24) is 14.3 Å². The highest BCUT2D eigenvalue weighted by atomic mass is 16.3. The Bertz CT molecular complexity index is 1370. The van der Waals surface area contributed by atoms with E-state index in [1.807, 2.05) is 24.3 Å². The normalized spacial score (nSPS) is 11.7. The third kappa shape index (κ3) is 3.72. The number of fused-ring (bicyclic) bond motifs is 2. The molecule has 4 aromatic rings. The zero-order valence-corrected chi connectivity index (χ0v) is 17.4. The molecule has 0 bridgehead atoms. The lowest BCUT2D eigenvalue weighted by molar-refractivity contribution is 0.0990. The van der Waals surface area contributed by atoms with Crippen LogP contribution in [0.3, 0.4) is 0 Å².